The second-order valence-corrected chi connectivity index (χ2v) is 9.17. The first kappa shape index (κ1) is 19.7. The van der Waals surface area contributed by atoms with E-state index in [1.807, 2.05) is 24.9 Å². The molecule has 0 radical (unpaired) electrons. The van der Waals surface area contributed by atoms with Crippen LogP contribution in [0.1, 0.15) is 13.3 Å². The van der Waals surface area contributed by atoms with Gasteiger partial charge in [-0.2, -0.15) is 4.31 Å². The molecule has 1 fully saturated rings. The normalized spacial score (nSPS) is 20.8. The van der Waals surface area contributed by atoms with Gasteiger partial charge in [0.25, 0.3) is 0 Å². The lowest BCUT2D eigenvalue weighted by molar-refractivity contribution is 0.246. The molecule has 3 heterocycles. The molecular weight excluding hydrogens is 400 g/mol. The Bertz CT molecular complexity index is 1130. The highest BCUT2D eigenvalue weighted by Crippen LogP contribution is 2.32. The van der Waals surface area contributed by atoms with E-state index in [1.54, 1.807) is 6.20 Å². The zero-order valence-electron chi connectivity index (χ0n) is 16.0. The summed E-state index contributed by atoms with van der Waals surface area (Å²) in [7, 11) is -2.47. The molecule has 4 rings (SSSR count). The molecule has 0 amide bonds. The van der Waals surface area contributed by atoms with Crippen molar-refractivity contribution in [3.05, 3.63) is 48.4 Å². The van der Waals surface area contributed by atoms with E-state index < -0.39 is 26.6 Å². The summed E-state index contributed by atoms with van der Waals surface area (Å²) >= 11 is 0. The van der Waals surface area contributed by atoms with Gasteiger partial charge < -0.3 is 9.88 Å². The number of anilines is 1. The summed E-state index contributed by atoms with van der Waals surface area (Å²) in [5.41, 5.74) is 0.684. The highest BCUT2D eigenvalue weighted by molar-refractivity contribution is 7.89. The lowest BCUT2D eigenvalue weighted by atomic mass is 9.93. The number of sulfonamides is 1. The number of hydrogen-bond donors (Lipinski definition) is 1. The second-order valence-electron chi connectivity index (χ2n) is 7.30. The molecule has 1 saturated heterocycles. The Labute approximate surface area is 167 Å². The van der Waals surface area contributed by atoms with E-state index in [0.29, 0.717) is 17.9 Å². The maximum absolute atomic E-state index is 14.2. The lowest BCUT2D eigenvalue weighted by Gasteiger charge is -2.41. The summed E-state index contributed by atoms with van der Waals surface area (Å²) in [6, 6.07) is 4.69. The summed E-state index contributed by atoms with van der Waals surface area (Å²) in [5, 5.41) is 0.822. The standard InChI is InChI=1S/C19H21F2N5O2S/c1-12-7-9-26(29(27,28)17-14(20)4-3-5-15(17)21)10-16(12)25(2)19-13-6-8-22-18(13)23-11-24-19/h3-6,8,11-12,16H,7,9-10H2,1-2H3,(H,22,23,24). The Kier molecular flexibility index (Phi) is 4.99. The number of nitrogens with zero attached hydrogens (tertiary/aromatic N) is 4. The molecule has 0 spiro atoms. The second kappa shape index (κ2) is 7.34. The van der Waals surface area contributed by atoms with Crippen molar-refractivity contribution in [2.45, 2.75) is 24.3 Å². The van der Waals surface area contributed by atoms with E-state index in [9.17, 15) is 17.2 Å². The van der Waals surface area contributed by atoms with E-state index in [2.05, 4.69) is 15.0 Å². The van der Waals surface area contributed by atoms with Gasteiger partial charge in [-0.25, -0.2) is 27.2 Å². The van der Waals surface area contributed by atoms with Crippen LogP contribution in [0, 0.1) is 17.6 Å². The third kappa shape index (κ3) is 3.36. The van der Waals surface area contributed by atoms with Crippen molar-refractivity contribution in [3.8, 4) is 0 Å². The molecule has 1 N–H and O–H groups in total. The predicted molar refractivity (Wildman–Crippen MR) is 105 cm³/mol. The molecule has 1 aliphatic heterocycles. The van der Waals surface area contributed by atoms with Gasteiger partial charge in [-0.3, -0.25) is 0 Å². The Morgan fingerprint density at radius 2 is 1.93 bits per heavy atom. The number of H-pyrrole nitrogens is 1. The monoisotopic (exact) mass is 421 g/mol. The van der Waals surface area contributed by atoms with Gasteiger partial charge in [-0.05, 0) is 30.5 Å². The fourth-order valence-electron chi connectivity index (χ4n) is 3.90. The van der Waals surface area contributed by atoms with Crippen LogP contribution in [-0.2, 0) is 10.0 Å². The van der Waals surface area contributed by atoms with Crippen LogP contribution in [0.25, 0.3) is 11.0 Å². The molecule has 10 heteroatoms. The van der Waals surface area contributed by atoms with Gasteiger partial charge >= 0.3 is 0 Å². The van der Waals surface area contributed by atoms with E-state index >= 15 is 0 Å². The molecule has 154 valence electrons. The smallest absolute Gasteiger partial charge is 0.248 e. The van der Waals surface area contributed by atoms with Crippen LogP contribution in [0.4, 0.5) is 14.6 Å². The Morgan fingerprint density at radius 3 is 2.66 bits per heavy atom. The topological polar surface area (TPSA) is 82.2 Å². The molecule has 0 aliphatic carbocycles. The van der Waals surface area contributed by atoms with Gasteiger partial charge in [0, 0.05) is 32.4 Å². The number of hydrogen-bond acceptors (Lipinski definition) is 5. The van der Waals surface area contributed by atoms with E-state index in [-0.39, 0.29) is 25.0 Å². The highest BCUT2D eigenvalue weighted by atomic mass is 32.2. The average Bonchev–Trinajstić information content (AvgIpc) is 3.16. The molecule has 2 atom stereocenters. The van der Waals surface area contributed by atoms with Crippen molar-refractivity contribution in [2.24, 2.45) is 5.92 Å². The fourth-order valence-corrected chi connectivity index (χ4v) is 5.48. The first-order valence-corrected chi connectivity index (χ1v) is 10.7. The van der Waals surface area contributed by atoms with Crippen molar-refractivity contribution >= 4 is 26.9 Å². The maximum atomic E-state index is 14.2. The predicted octanol–water partition coefficient (Wildman–Crippen LogP) is 2.77. The van der Waals surface area contributed by atoms with Crippen LogP contribution < -0.4 is 4.90 Å². The molecule has 29 heavy (non-hydrogen) atoms. The van der Waals surface area contributed by atoms with Gasteiger partial charge in [0.05, 0.1) is 5.39 Å². The van der Waals surface area contributed by atoms with Crippen LogP contribution in [0.5, 0.6) is 0 Å². The van der Waals surface area contributed by atoms with E-state index in [4.69, 9.17) is 0 Å². The van der Waals surface area contributed by atoms with Crippen LogP contribution in [0.15, 0.2) is 41.7 Å². The fraction of sp³-hybridized carbons (Fsp3) is 0.368. The quantitative estimate of drug-likeness (QED) is 0.701. The Morgan fingerprint density at radius 1 is 1.21 bits per heavy atom. The molecule has 0 saturated carbocycles. The zero-order chi connectivity index (χ0) is 20.8. The highest BCUT2D eigenvalue weighted by Gasteiger charge is 2.38. The molecular formula is C19H21F2N5O2S. The van der Waals surface area contributed by atoms with Crippen LogP contribution >= 0.6 is 0 Å². The minimum Gasteiger partial charge on any atom is -0.354 e. The van der Waals surface area contributed by atoms with Crippen molar-refractivity contribution in [1.82, 2.24) is 19.3 Å². The largest absolute Gasteiger partial charge is 0.354 e. The third-order valence-electron chi connectivity index (χ3n) is 5.56. The number of piperidine rings is 1. The number of likely N-dealkylation sites (N-methyl/N-ethyl adjacent to an activating group) is 1. The Balaban J connectivity index is 1.67. The number of halogens is 2. The minimum atomic E-state index is -4.31. The SMILES string of the molecule is CC1CCN(S(=O)(=O)c2c(F)cccc2F)CC1N(C)c1ncnc2[nH]ccc12. The number of aromatic nitrogens is 3. The van der Waals surface area contributed by atoms with Crippen LogP contribution in [-0.4, -0.2) is 53.9 Å². The van der Waals surface area contributed by atoms with Crippen molar-refractivity contribution in [1.29, 1.82) is 0 Å². The summed E-state index contributed by atoms with van der Waals surface area (Å²) in [5.74, 6) is -1.35. The van der Waals surface area contributed by atoms with Gasteiger partial charge in [-0.1, -0.05) is 13.0 Å². The van der Waals surface area contributed by atoms with Gasteiger partial charge in [0.2, 0.25) is 10.0 Å². The average molecular weight is 421 g/mol. The number of nitrogens with one attached hydrogen (secondary N) is 1. The number of fused-ring (bicyclic) bond motifs is 1. The molecule has 1 aliphatic rings. The number of benzene rings is 1. The van der Waals surface area contributed by atoms with Crippen LogP contribution in [0.2, 0.25) is 0 Å². The van der Waals surface area contributed by atoms with Gasteiger partial charge in [-0.15, -0.1) is 0 Å². The van der Waals surface area contributed by atoms with Crippen molar-refractivity contribution < 1.29 is 17.2 Å². The first-order chi connectivity index (χ1) is 13.8. The maximum Gasteiger partial charge on any atom is 0.248 e. The van der Waals surface area contributed by atoms with Crippen molar-refractivity contribution in [3.63, 3.8) is 0 Å². The molecule has 2 unspecified atom stereocenters. The molecule has 0 bridgehead atoms. The summed E-state index contributed by atoms with van der Waals surface area (Å²) < 4.78 is 55.5. The van der Waals surface area contributed by atoms with E-state index in [0.717, 1.165) is 27.9 Å². The number of rotatable bonds is 4. The Hall–Kier alpha value is -2.59. The first-order valence-electron chi connectivity index (χ1n) is 9.25. The molecule has 2 aromatic heterocycles. The van der Waals surface area contributed by atoms with Gasteiger partial charge in [0.15, 0.2) is 4.90 Å². The number of aromatic amines is 1. The molecule has 7 nitrogen and oxygen atoms in total. The van der Waals surface area contributed by atoms with Crippen LogP contribution in [0.3, 0.4) is 0 Å². The van der Waals surface area contributed by atoms with E-state index in [1.165, 1.54) is 6.33 Å². The zero-order valence-corrected chi connectivity index (χ0v) is 16.8. The summed E-state index contributed by atoms with van der Waals surface area (Å²) in [6.45, 7) is 2.33. The van der Waals surface area contributed by atoms with Crippen molar-refractivity contribution in [2.75, 3.05) is 25.0 Å². The lowest BCUT2D eigenvalue weighted by Crippen LogP contribution is -2.53. The summed E-state index contributed by atoms with van der Waals surface area (Å²) in [6.07, 6.45) is 3.77. The molecule has 3 aromatic rings. The van der Waals surface area contributed by atoms with Gasteiger partial charge in [0.1, 0.15) is 29.4 Å². The minimum absolute atomic E-state index is 0.101. The third-order valence-corrected chi connectivity index (χ3v) is 7.48. The molecule has 1 aromatic carbocycles. The summed E-state index contributed by atoms with van der Waals surface area (Å²) in [4.78, 5) is 12.6.